The van der Waals surface area contributed by atoms with Crippen LogP contribution >= 0.6 is 0 Å². The molecule has 1 saturated carbocycles. The van der Waals surface area contributed by atoms with Crippen LogP contribution in [0.1, 0.15) is 48.9 Å². The second-order valence-corrected chi connectivity index (χ2v) is 7.19. The van der Waals surface area contributed by atoms with Crippen molar-refractivity contribution in [1.82, 2.24) is 5.32 Å². The molecule has 2 atom stereocenters. The van der Waals surface area contributed by atoms with Gasteiger partial charge in [0.25, 0.3) is 11.8 Å². The van der Waals surface area contributed by atoms with E-state index >= 15 is 0 Å². The maximum absolute atomic E-state index is 12.5. The summed E-state index contributed by atoms with van der Waals surface area (Å²) in [5.41, 5.74) is 6.44. The first-order chi connectivity index (χ1) is 12.6. The zero-order valence-electron chi connectivity index (χ0n) is 14.9. The molecule has 26 heavy (non-hydrogen) atoms. The Morgan fingerprint density at radius 2 is 1.77 bits per heavy atom. The van der Waals surface area contributed by atoms with Crippen molar-refractivity contribution in [3.8, 4) is 0 Å². The molecule has 1 aliphatic carbocycles. The van der Waals surface area contributed by atoms with Gasteiger partial charge in [-0.3, -0.25) is 14.9 Å². The Hall–Kier alpha value is -2.24. The Bertz CT molecular complexity index is 778. The van der Waals surface area contributed by atoms with E-state index in [2.05, 4.69) is 5.32 Å². The van der Waals surface area contributed by atoms with Crippen molar-refractivity contribution in [2.75, 3.05) is 0 Å². The summed E-state index contributed by atoms with van der Waals surface area (Å²) in [6.45, 7) is 0. The fourth-order valence-electron chi connectivity index (χ4n) is 3.81. The zero-order chi connectivity index (χ0) is 18.5. The van der Waals surface area contributed by atoms with Gasteiger partial charge < -0.3 is 10.8 Å². The van der Waals surface area contributed by atoms with Gasteiger partial charge in [0.05, 0.1) is 0 Å². The molecular formula is C21H26N2O3. The van der Waals surface area contributed by atoms with Crippen LogP contribution in [0.2, 0.25) is 0 Å². The number of rotatable bonds is 5. The summed E-state index contributed by atoms with van der Waals surface area (Å²) < 4.78 is 0. The summed E-state index contributed by atoms with van der Waals surface area (Å²) in [6, 6.07) is 12.2. The summed E-state index contributed by atoms with van der Waals surface area (Å²) in [4.78, 5) is 24.8. The molecule has 2 amide bonds. The molecule has 0 aliphatic heterocycles. The highest BCUT2D eigenvalue weighted by atomic mass is 16.3. The molecule has 3 rings (SSSR count). The number of nitrogens with one attached hydrogen (secondary N) is 1. The number of carbonyl (C=O) groups excluding carboxylic acids is 2. The molecule has 0 unspecified atom stereocenters. The fourth-order valence-corrected chi connectivity index (χ4v) is 3.81. The van der Waals surface area contributed by atoms with Crippen molar-refractivity contribution in [1.29, 1.82) is 0 Å². The Morgan fingerprint density at radius 3 is 2.54 bits per heavy atom. The molecule has 4 N–H and O–H groups in total. The minimum atomic E-state index is -1.38. The van der Waals surface area contributed by atoms with Crippen LogP contribution in [0, 0.1) is 5.92 Å². The number of carbonyl (C=O) groups is 2. The predicted molar refractivity (Wildman–Crippen MR) is 102 cm³/mol. The summed E-state index contributed by atoms with van der Waals surface area (Å²) in [7, 11) is 0. The van der Waals surface area contributed by atoms with E-state index in [0.717, 1.165) is 23.6 Å². The average molecular weight is 354 g/mol. The second kappa shape index (κ2) is 8.43. The van der Waals surface area contributed by atoms with Crippen molar-refractivity contribution >= 4 is 22.6 Å². The van der Waals surface area contributed by atoms with Gasteiger partial charge in [-0.25, -0.2) is 0 Å². The highest BCUT2D eigenvalue weighted by molar-refractivity contribution is 6.12. The summed E-state index contributed by atoms with van der Waals surface area (Å²) >= 11 is 0. The number of imide groups is 1. The van der Waals surface area contributed by atoms with Crippen LogP contribution in [0.4, 0.5) is 0 Å². The quantitative estimate of drug-likeness (QED) is 0.770. The van der Waals surface area contributed by atoms with Crippen molar-refractivity contribution in [3.05, 3.63) is 48.0 Å². The number of hydrogen-bond acceptors (Lipinski definition) is 4. The first-order valence-corrected chi connectivity index (χ1v) is 9.33. The van der Waals surface area contributed by atoms with Gasteiger partial charge in [-0.15, -0.1) is 0 Å². The molecule has 2 aromatic carbocycles. The first kappa shape index (κ1) is 18.5. The number of aliphatic hydroxyl groups is 1. The lowest BCUT2D eigenvalue weighted by Crippen LogP contribution is -2.48. The van der Waals surface area contributed by atoms with Gasteiger partial charge >= 0.3 is 0 Å². The van der Waals surface area contributed by atoms with Crippen LogP contribution in [-0.2, 0) is 4.79 Å². The largest absolute Gasteiger partial charge is 0.382 e. The first-order valence-electron chi connectivity index (χ1n) is 9.33. The monoisotopic (exact) mass is 354 g/mol. The maximum Gasteiger partial charge on any atom is 0.258 e. The average Bonchev–Trinajstić information content (AvgIpc) is 2.67. The lowest BCUT2D eigenvalue weighted by molar-refractivity contribution is -0.129. The van der Waals surface area contributed by atoms with Crippen molar-refractivity contribution in [3.63, 3.8) is 0 Å². The number of fused-ring (bicyclic) bond motifs is 1. The Labute approximate surface area is 153 Å². The van der Waals surface area contributed by atoms with E-state index in [9.17, 15) is 14.7 Å². The van der Waals surface area contributed by atoms with Gasteiger partial charge in [0.15, 0.2) is 0 Å². The van der Waals surface area contributed by atoms with E-state index < -0.39 is 24.0 Å². The minimum Gasteiger partial charge on any atom is -0.382 e. The van der Waals surface area contributed by atoms with Gasteiger partial charge in [-0.05, 0) is 29.2 Å². The number of amides is 2. The molecule has 1 fully saturated rings. The van der Waals surface area contributed by atoms with Gasteiger partial charge in [-0.1, -0.05) is 68.5 Å². The van der Waals surface area contributed by atoms with E-state index in [1.165, 1.54) is 19.3 Å². The van der Waals surface area contributed by atoms with Crippen LogP contribution in [0.25, 0.3) is 10.8 Å². The zero-order valence-corrected chi connectivity index (χ0v) is 14.9. The molecule has 5 heteroatoms. The molecule has 1 aliphatic rings. The highest BCUT2D eigenvalue weighted by Crippen LogP contribution is 2.27. The molecule has 0 aromatic heterocycles. The summed E-state index contributed by atoms with van der Waals surface area (Å²) in [5.74, 6) is -0.795. The minimum absolute atomic E-state index is 0.407. The lowest BCUT2D eigenvalue weighted by Gasteiger charge is -2.26. The predicted octanol–water partition coefficient (Wildman–Crippen LogP) is 2.75. The Kier molecular flexibility index (Phi) is 6.01. The standard InChI is InChI=1S/C21H26N2O3/c22-18(13-14-7-2-1-3-8-14)19(24)21(26)23-20(25)17-12-6-10-15-9-4-5-11-16(15)17/h4-6,9-12,14,18-19,24H,1-3,7-8,13,22H2,(H,23,25,26)/t18-,19+/m1/s1. The van der Waals surface area contributed by atoms with Crippen LogP contribution in [0.15, 0.2) is 42.5 Å². The molecule has 5 nitrogen and oxygen atoms in total. The van der Waals surface area contributed by atoms with Crippen molar-refractivity contribution in [2.45, 2.75) is 50.7 Å². The van der Waals surface area contributed by atoms with E-state index in [-0.39, 0.29) is 0 Å². The normalized spacial score (nSPS) is 17.6. The molecule has 0 bridgehead atoms. The lowest BCUT2D eigenvalue weighted by atomic mass is 9.84. The molecule has 0 saturated heterocycles. The number of aliphatic hydroxyl groups excluding tert-OH is 1. The summed E-state index contributed by atoms with van der Waals surface area (Å²) in [6.07, 6.45) is 5.02. The highest BCUT2D eigenvalue weighted by Gasteiger charge is 2.28. The van der Waals surface area contributed by atoms with Gasteiger partial charge in [0.2, 0.25) is 0 Å². The van der Waals surface area contributed by atoms with E-state index in [1.807, 2.05) is 30.3 Å². The van der Waals surface area contributed by atoms with Crippen LogP contribution in [0.3, 0.4) is 0 Å². The smallest absolute Gasteiger partial charge is 0.258 e. The second-order valence-electron chi connectivity index (χ2n) is 7.19. The van der Waals surface area contributed by atoms with Crippen molar-refractivity contribution < 1.29 is 14.7 Å². The third-order valence-corrected chi connectivity index (χ3v) is 5.28. The van der Waals surface area contributed by atoms with E-state index in [1.54, 1.807) is 12.1 Å². The fraction of sp³-hybridized carbons (Fsp3) is 0.429. The van der Waals surface area contributed by atoms with Gasteiger partial charge in [-0.2, -0.15) is 0 Å². The van der Waals surface area contributed by atoms with Crippen LogP contribution < -0.4 is 11.1 Å². The molecule has 0 spiro atoms. The SMILES string of the molecule is N[C@H](CC1CCCCC1)[C@H](O)C(=O)NC(=O)c1cccc2ccccc12. The van der Waals surface area contributed by atoms with Crippen molar-refractivity contribution in [2.24, 2.45) is 11.7 Å². The topological polar surface area (TPSA) is 92.4 Å². The van der Waals surface area contributed by atoms with E-state index in [4.69, 9.17) is 5.73 Å². The third kappa shape index (κ3) is 4.29. The molecule has 138 valence electrons. The molecular weight excluding hydrogens is 328 g/mol. The number of hydrogen-bond donors (Lipinski definition) is 3. The third-order valence-electron chi connectivity index (χ3n) is 5.28. The molecule has 0 radical (unpaired) electrons. The van der Waals surface area contributed by atoms with Crippen LogP contribution in [0.5, 0.6) is 0 Å². The number of benzene rings is 2. The Balaban J connectivity index is 1.63. The maximum atomic E-state index is 12.5. The molecule has 2 aromatic rings. The van der Waals surface area contributed by atoms with Gasteiger partial charge in [0, 0.05) is 11.6 Å². The number of nitrogens with two attached hydrogens (primary N) is 1. The van der Waals surface area contributed by atoms with E-state index in [0.29, 0.717) is 17.9 Å². The summed E-state index contributed by atoms with van der Waals surface area (Å²) in [5, 5.41) is 14.2. The van der Waals surface area contributed by atoms with Crippen LogP contribution in [-0.4, -0.2) is 29.1 Å². The van der Waals surface area contributed by atoms with Gasteiger partial charge in [0.1, 0.15) is 6.10 Å². The molecule has 0 heterocycles. The Morgan fingerprint density at radius 1 is 1.08 bits per heavy atom.